The van der Waals surface area contributed by atoms with Crippen LogP contribution in [0.15, 0.2) is 30.6 Å². The first-order valence-corrected chi connectivity index (χ1v) is 13.0. The Kier molecular flexibility index (Phi) is 8.63. The summed E-state index contributed by atoms with van der Waals surface area (Å²) >= 11 is 6.20. The van der Waals surface area contributed by atoms with Gasteiger partial charge in [0.05, 0.1) is 19.8 Å². The van der Waals surface area contributed by atoms with Crippen LogP contribution in [0.1, 0.15) is 56.0 Å². The van der Waals surface area contributed by atoms with Crippen molar-refractivity contribution in [3.8, 4) is 5.75 Å². The van der Waals surface area contributed by atoms with Crippen LogP contribution in [0.2, 0.25) is 5.02 Å². The van der Waals surface area contributed by atoms with Crippen molar-refractivity contribution in [2.45, 2.75) is 52.5 Å². The maximum Gasteiger partial charge on any atom is 0.223 e. The van der Waals surface area contributed by atoms with Crippen LogP contribution in [0.5, 0.6) is 5.75 Å². The van der Waals surface area contributed by atoms with Crippen LogP contribution in [-0.4, -0.2) is 71.7 Å². The number of rotatable bonds is 8. The molecule has 2 aliphatic heterocycles. The summed E-state index contributed by atoms with van der Waals surface area (Å²) in [5, 5.41) is 0.726. The Balaban J connectivity index is 1.48. The van der Waals surface area contributed by atoms with Crippen LogP contribution in [0.3, 0.4) is 0 Å². The van der Waals surface area contributed by atoms with E-state index in [2.05, 4.69) is 28.7 Å². The van der Waals surface area contributed by atoms with Crippen LogP contribution in [0.4, 0.5) is 0 Å². The van der Waals surface area contributed by atoms with E-state index in [4.69, 9.17) is 21.1 Å². The molecule has 8 heteroatoms. The smallest absolute Gasteiger partial charge is 0.223 e. The van der Waals surface area contributed by atoms with E-state index in [9.17, 15) is 4.79 Å². The van der Waals surface area contributed by atoms with E-state index in [1.165, 1.54) is 0 Å². The van der Waals surface area contributed by atoms with E-state index < -0.39 is 0 Å². The number of hydrogen-bond donors (Lipinski definition) is 0. The molecule has 2 fully saturated rings. The highest BCUT2D eigenvalue weighted by Crippen LogP contribution is 2.36. The number of morpholine rings is 1. The van der Waals surface area contributed by atoms with Gasteiger partial charge in [0.1, 0.15) is 11.6 Å². The number of hydrogen-bond acceptors (Lipinski definition) is 6. The lowest BCUT2D eigenvalue weighted by molar-refractivity contribution is -0.139. The van der Waals surface area contributed by atoms with Crippen molar-refractivity contribution < 1.29 is 14.3 Å². The van der Waals surface area contributed by atoms with Gasteiger partial charge in [-0.15, -0.1) is 0 Å². The van der Waals surface area contributed by atoms with Gasteiger partial charge in [0.2, 0.25) is 5.91 Å². The Labute approximate surface area is 213 Å². The summed E-state index contributed by atoms with van der Waals surface area (Å²) < 4.78 is 11.8. The minimum absolute atomic E-state index is 0.190. The summed E-state index contributed by atoms with van der Waals surface area (Å²) in [4.78, 5) is 26.7. The number of likely N-dealkylation sites (tertiary alicyclic amines) is 1. The molecule has 0 bridgehead atoms. The molecule has 35 heavy (non-hydrogen) atoms. The van der Waals surface area contributed by atoms with Gasteiger partial charge in [0.25, 0.3) is 0 Å². The molecule has 3 heterocycles. The SMILES string of the molecule is Cc1cc(OCC2(CC(=O)N3CCOCC3)CCCN(Cc3cnc(C(C)C)nc3)C2)ccc1Cl. The van der Waals surface area contributed by atoms with Gasteiger partial charge in [-0.05, 0) is 50.1 Å². The summed E-state index contributed by atoms with van der Waals surface area (Å²) in [5.74, 6) is 2.16. The molecule has 1 amide bonds. The lowest BCUT2D eigenvalue weighted by atomic mass is 9.77. The van der Waals surface area contributed by atoms with Crippen LogP contribution in [0, 0.1) is 12.3 Å². The van der Waals surface area contributed by atoms with Gasteiger partial charge in [-0.1, -0.05) is 25.4 Å². The van der Waals surface area contributed by atoms with Gasteiger partial charge < -0.3 is 14.4 Å². The first-order chi connectivity index (χ1) is 16.8. The number of aryl methyl sites for hydroxylation is 1. The molecular formula is C27H37ClN4O3. The lowest BCUT2D eigenvalue weighted by Gasteiger charge is -2.43. The first-order valence-electron chi connectivity index (χ1n) is 12.6. The van der Waals surface area contributed by atoms with E-state index in [0.29, 0.717) is 45.2 Å². The Morgan fingerprint density at radius 3 is 2.63 bits per heavy atom. The number of nitrogens with zero attached hydrogens (tertiary/aromatic N) is 4. The number of piperidine rings is 1. The predicted octanol–water partition coefficient (Wildman–Crippen LogP) is 4.47. The number of aromatic nitrogens is 2. The molecule has 2 aliphatic rings. The van der Waals surface area contributed by atoms with Gasteiger partial charge in [0.15, 0.2) is 0 Å². The summed E-state index contributed by atoms with van der Waals surface area (Å²) in [6.07, 6.45) is 6.31. The predicted molar refractivity (Wildman–Crippen MR) is 137 cm³/mol. The summed E-state index contributed by atoms with van der Waals surface area (Å²) in [6.45, 7) is 11.8. The fourth-order valence-electron chi connectivity index (χ4n) is 4.95. The maximum atomic E-state index is 13.3. The third-order valence-corrected chi connectivity index (χ3v) is 7.38. The highest BCUT2D eigenvalue weighted by Gasteiger charge is 2.39. The first kappa shape index (κ1) is 25.9. The van der Waals surface area contributed by atoms with Crippen molar-refractivity contribution in [3.05, 3.63) is 52.6 Å². The minimum Gasteiger partial charge on any atom is -0.493 e. The molecule has 2 saturated heterocycles. The molecule has 4 rings (SSSR count). The average Bonchev–Trinajstić information content (AvgIpc) is 2.86. The molecule has 1 aromatic heterocycles. The normalized spacial score (nSPS) is 21.3. The summed E-state index contributed by atoms with van der Waals surface area (Å²) in [5.41, 5.74) is 1.82. The molecule has 1 atom stereocenters. The summed E-state index contributed by atoms with van der Waals surface area (Å²) in [7, 11) is 0. The molecule has 2 aromatic rings. The number of halogens is 1. The van der Waals surface area contributed by atoms with E-state index in [-0.39, 0.29) is 11.3 Å². The topological polar surface area (TPSA) is 67.8 Å². The molecule has 0 spiro atoms. The van der Waals surface area contributed by atoms with Gasteiger partial charge in [-0.25, -0.2) is 9.97 Å². The lowest BCUT2D eigenvalue weighted by Crippen LogP contribution is -2.50. The molecular weight excluding hydrogens is 464 g/mol. The monoisotopic (exact) mass is 500 g/mol. The molecule has 7 nitrogen and oxygen atoms in total. The Morgan fingerprint density at radius 2 is 1.94 bits per heavy atom. The molecule has 190 valence electrons. The van der Waals surface area contributed by atoms with Crippen molar-refractivity contribution >= 4 is 17.5 Å². The third-order valence-electron chi connectivity index (χ3n) is 6.95. The van der Waals surface area contributed by atoms with Crippen molar-refractivity contribution in [1.29, 1.82) is 0 Å². The second-order valence-corrected chi connectivity index (χ2v) is 10.7. The van der Waals surface area contributed by atoms with Crippen LogP contribution < -0.4 is 4.74 Å². The van der Waals surface area contributed by atoms with Crippen LogP contribution >= 0.6 is 11.6 Å². The molecule has 0 saturated carbocycles. The van der Waals surface area contributed by atoms with Crippen molar-refractivity contribution in [2.75, 3.05) is 46.0 Å². The van der Waals surface area contributed by atoms with Gasteiger partial charge >= 0.3 is 0 Å². The van der Waals surface area contributed by atoms with Crippen molar-refractivity contribution in [1.82, 2.24) is 19.8 Å². The fourth-order valence-corrected chi connectivity index (χ4v) is 5.07. The summed E-state index contributed by atoms with van der Waals surface area (Å²) in [6, 6.07) is 5.74. The Morgan fingerprint density at radius 1 is 1.20 bits per heavy atom. The second-order valence-electron chi connectivity index (χ2n) is 10.3. The highest BCUT2D eigenvalue weighted by molar-refractivity contribution is 6.31. The number of benzene rings is 1. The number of amides is 1. The Hall–Kier alpha value is -2.22. The van der Waals surface area contributed by atoms with Crippen LogP contribution in [0.25, 0.3) is 0 Å². The van der Waals surface area contributed by atoms with E-state index in [1.807, 2.05) is 42.4 Å². The number of carbonyl (C=O) groups is 1. The number of ether oxygens (including phenoxy) is 2. The van der Waals surface area contributed by atoms with Crippen molar-refractivity contribution in [2.24, 2.45) is 5.41 Å². The molecule has 1 aromatic carbocycles. The molecule has 0 N–H and O–H groups in total. The third kappa shape index (κ3) is 6.93. The largest absolute Gasteiger partial charge is 0.493 e. The number of carbonyl (C=O) groups excluding carboxylic acids is 1. The van der Waals surface area contributed by atoms with Gasteiger partial charge in [-0.2, -0.15) is 0 Å². The fraction of sp³-hybridized carbons (Fsp3) is 0.593. The van der Waals surface area contributed by atoms with Crippen LogP contribution in [-0.2, 0) is 16.1 Å². The average molecular weight is 501 g/mol. The van der Waals surface area contributed by atoms with Crippen molar-refractivity contribution in [3.63, 3.8) is 0 Å². The van der Waals surface area contributed by atoms with E-state index >= 15 is 0 Å². The van der Waals surface area contributed by atoms with Gasteiger partial charge in [0, 0.05) is 66.9 Å². The maximum absolute atomic E-state index is 13.3. The molecule has 0 radical (unpaired) electrons. The second kappa shape index (κ2) is 11.7. The zero-order valence-electron chi connectivity index (χ0n) is 21.1. The zero-order valence-corrected chi connectivity index (χ0v) is 21.9. The van der Waals surface area contributed by atoms with E-state index in [1.54, 1.807) is 0 Å². The quantitative estimate of drug-likeness (QED) is 0.532. The Bertz CT molecular complexity index is 994. The van der Waals surface area contributed by atoms with E-state index in [0.717, 1.165) is 60.2 Å². The highest BCUT2D eigenvalue weighted by atomic mass is 35.5. The molecule has 0 aliphatic carbocycles. The van der Waals surface area contributed by atoms with Gasteiger partial charge in [-0.3, -0.25) is 9.69 Å². The minimum atomic E-state index is -0.264. The zero-order chi connectivity index (χ0) is 24.8. The standard InChI is InChI=1S/C27H37ClN4O3/c1-20(2)26-29-15-22(16-30-26)17-31-8-4-7-27(18-31,14-25(33)32-9-11-34-12-10-32)19-35-23-5-6-24(28)21(3)13-23/h5-6,13,15-16,20H,4,7-12,14,17-19H2,1-3H3. The molecule has 1 unspecified atom stereocenters.